The van der Waals surface area contributed by atoms with Gasteiger partial charge in [-0.2, -0.15) is 0 Å². The minimum Gasteiger partial charge on any atom is -0.295 e. The van der Waals surface area contributed by atoms with Gasteiger partial charge in [-0.15, -0.1) is 0 Å². The van der Waals surface area contributed by atoms with Crippen LogP contribution in [0.3, 0.4) is 0 Å². The van der Waals surface area contributed by atoms with Gasteiger partial charge in [-0.25, -0.2) is 19.9 Å². The van der Waals surface area contributed by atoms with Crippen LogP contribution >= 0.6 is 31.9 Å². The van der Waals surface area contributed by atoms with Gasteiger partial charge in [0.1, 0.15) is 11.6 Å². The number of piperidine rings is 2. The second kappa shape index (κ2) is 19.2. The highest BCUT2D eigenvalue weighted by Crippen LogP contribution is 2.31. The zero-order valence-electron chi connectivity index (χ0n) is 32.1. The molecule has 0 bridgehead atoms. The Morgan fingerprint density at radius 1 is 0.673 bits per heavy atom. The first-order valence-corrected chi connectivity index (χ1v) is 21.3. The smallest absolute Gasteiger partial charge is 0.263 e. The molecule has 2 aliphatic rings. The molecular formula is C40H58Br2N8O2. The molecule has 4 atom stereocenters. The Morgan fingerprint density at radius 2 is 1.08 bits per heavy atom. The summed E-state index contributed by atoms with van der Waals surface area (Å²) < 4.78 is 5.43. The van der Waals surface area contributed by atoms with E-state index in [1.165, 1.54) is 25.7 Å². The molecule has 4 aromatic rings. The summed E-state index contributed by atoms with van der Waals surface area (Å²) >= 11 is 6.85. The molecule has 0 spiro atoms. The number of hydrogen-bond donors (Lipinski definition) is 0. The van der Waals surface area contributed by atoms with Gasteiger partial charge in [0.15, 0.2) is 11.3 Å². The highest BCUT2D eigenvalue weighted by atomic mass is 79.9. The third kappa shape index (κ3) is 9.57. The topological polar surface area (TPSA) is 102 Å². The summed E-state index contributed by atoms with van der Waals surface area (Å²) in [5.74, 6) is 3.19. The summed E-state index contributed by atoms with van der Waals surface area (Å²) in [4.78, 5) is 50.1. The molecule has 0 amide bonds. The lowest BCUT2D eigenvalue weighted by atomic mass is 9.97. The summed E-state index contributed by atoms with van der Waals surface area (Å²) in [7, 11) is 0. The molecule has 6 heterocycles. The van der Waals surface area contributed by atoms with Gasteiger partial charge in [0.2, 0.25) is 0 Å². The fraction of sp³-hybridized carbons (Fsp3) is 0.650. The van der Waals surface area contributed by atoms with Crippen molar-refractivity contribution in [1.82, 2.24) is 38.9 Å². The van der Waals surface area contributed by atoms with Crippen molar-refractivity contribution < 1.29 is 0 Å². The fourth-order valence-corrected chi connectivity index (χ4v) is 8.76. The average Bonchev–Trinajstić information content (AvgIpc) is 3.13. The van der Waals surface area contributed by atoms with E-state index in [0.717, 1.165) is 85.3 Å². The van der Waals surface area contributed by atoms with E-state index in [2.05, 4.69) is 93.2 Å². The van der Waals surface area contributed by atoms with Crippen LogP contribution in [0, 0.1) is 11.8 Å². The first kappa shape index (κ1) is 40.6. The molecule has 52 heavy (non-hydrogen) atoms. The van der Waals surface area contributed by atoms with Crippen molar-refractivity contribution >= 4 is 53.9 Å². The van der Waals surface area contributed by atoms with Crippen molar-refractivity contribution in [2.24, 2.45) is 11.8 Å². The largest absolute Gasteiger partial charge is 0.295 e. The maximum Gasteiger partial charge on any atom is 0.263 e. The number of nitrogens with zero attached hydrogens (tertiary/aromatic N) is 8. The molecule has 0 N–H and O–H groups in total. The molecule has 284 valence electrons. The first-order chi connectivity index (χ1) is 25.1. The van der Waals surface area contributed by atoms with Crippen molar-refractivity contribution in [1.29, 1.82) is 0 Å². The Bertz CT molecular complexity index is 1780. The van der Waals surface area contributed by atoms with Gasteiger partial charge in [-0.3, -0.25) is 28.5 Å². The van der Waals surface area contributed by atoms with Gasteiger partial charge in [-0.05, 0) is 120 Å². The Morgan fingerprint density at radius 3 is 1.42 bits per heavy atom. The number of aromatic nitrogens is 6. The van der Waals surface area contributed by atoms with Gasteiger partial charge < -0.3 is 0 Å². The Labute approximate surface area is 326 Å². The molecule has 10 nitrogen and oxygen atoms in total. The lowest BCUT2D eigenvalue weighted by Gasteiger charge is -2.37. The van der Waals surface area contributed by atoms with Crippen LogP contribution in [0.1, 0.15) is 129 Å². The predicted molar refractivity (Wildman–Crippen MR) is 219 cm³/mol. The van der Waals surface area contributed by atoms with E-state index in [1.807, 2.05) is 21.3 Å². The molecule has 2 aliphatic heterocycles. The fourth-order valence-electron chi connectivity index (χ4n) is 8.10. The van der Waals surface area contributed by atoms with E-state index < -0.39 is 0 Å². The zero-order chi connectivity index (χ0) is 37.4. The molecule has 12 heteroatoms. The Kier molecular flexibility index (Phi) is 15.0. The third-order valence-corrected chi connectivity index (χ3v) is 11.4. The van der Waals surface area contributed by atoms with E-state index in [-0.39, 0.29) is 23.2 Å². The summed E-state index contributed by atoms with van der Waals surface area (Å²) in [5, 5.41) is 1.19. The van der Waals surface area contributed by atoms with Crippen LogP contribution in [0.4, 0.5) is 0 Å². The lowest BCUT2D eigenvalue weighted by molar-refractivity contribution is 0.114. The number of pyridine rings is 2. The monoisotopic (exact) mass is 840 g/mol. The van der Waals surface area contributed by atoms with Crippen LogP contribution in [0.15, 0.2) is 43.1 Å². The quantitative estimate of drug-likeness (QED) is 0.139. The molecular weight excluding hydrogens is 784 g/mol. The first-order valence-electron chi connectivity index (χ1n) is 19.7. The zero-order valence-corrected chi connectivity index (χ0v) is 35.3. The molecule has 0 radical (unpaired) electrons. The second-order valence-electron chi connectivity index (χ2n) is 15.0. The van der Waals surface area contributed by atoms with Crippen LogP contribution in [0.5, 0.6) is 0 Å². The number of likely N-dealkylation sites (tertiary alicyclic amines) is 2. The van der Waals surface area contributed by atoms with Gasteiger partial charge >= 0.3 is 0 Å². The standard InChI is InChI=1S/2C20H29BrN4O/c2*1-4-7-17(24-10-6-8-14(3)13-24)19-23-18-16(11-15(21)12-22-18)20(26)25(19)9-5-2/h2*11-12,14,17H,4-10,13H2,1-3H3/t14-,17+;14-,17-/m11/s1. The van der Waals surface area contributed by atoms with E-state index >= 15 is 0 Å². The van der Waals surface area contributed by atoms with Gasteiger partial charge in [0, 0.05) is 47.5 Å². The Balaban J connectivity index is 0.000000201. The maximum atomic E-state index is 13.2. The molecule has 0 saturated carbocycles. The van der Waals surface area contributed by atoms with Crippen LogP contribution in [-0.4, -0.2) is 65.0 Å². The van der Waals surface area contributed by atoms with E-state index in [4.69, 9.17) is 9.97 Å². The highest BCUT2D eigenvalue weighted by Gasteiger charge is 2.30. The Hall–Kier alpha value is -2.54. The molecule has 2 fully saturated rings. The van der Waals surface area contributed by atoms with Crippen molar-refractivity contribution in [2.75, 3.05) is 26.2 Å². The van der Waals surface area contributed by atoms with Crippen LogP contribution < -0.4 is 11.1 Å². The number of fused-ring (bicyclic) bond motifs is 2. The third-order valence-electron chi connectivity index (χ3n) is 10.5. The summed E-state index contributed by atoms with van der Waals surface area (Å²) in [6, 6.07) is 4.06. The second-order valence-corrected chi connectivity index (χ2v) is 16.8. The van der Waals surface area contributed by atoms with E-state index in [9.17, 15) is 9.59 Å². The molecule has 0 unspecified atom stereocenters. The lowest BCUT2D eigenvalue weighted by Crippen LogP contribution is -2.40. The molecule has 0 aliphatic carbocycles. The number of rotatable bonds is 12. The van der Waals surface area contributed by atoms with E-state index in [0.29, 0.717) is 47.0 Å². The summed E-state index contributed by atoms with van der Waals surface area (Å²) in [5.41, 5.74) is 1.19. The van der Waals surface area contributed by atoms with Crippen molar-refractivity contribution in [3.8, 4) is 0 Å². The summed E-state index contributed by atoms with van der Waals surface area (Å²) in [6.07, 6.45) is 14.5. The van der Waals surface area contributed by atoms with Crippen molar-refractivity contribution in [3.05, 3.63) is 65.8 Å². The van der Waals surface area contributed by atoms with Crippen molar-refractivity contribution in [2.45, 2.75) is 131 Å². The van der Waals surface area contributed by atoms with Crippen molar-refractivity contribution in [3.63, 3.8) is 0 Å². The van der Waals surface area contributed by atoms with Crippen LogP contribution in [-0.2, 0) is 13.1 Å². The van der Waals surface area contributed by atoms with Crippen LogP contribution in [0.2, 0.25) is 0 Å². The molecule has 2 saturated heterocycles. The highest BCUT2D eigenvalue weighted by molar-refractivity contribution is 9.10. The van der Waals surface area contributed by atoms with Gasteiger partial charge in [0.05, 0.1) is 22.9 Å². The minimum absolute atomic E-state index is 0.0341. The molecule has 0 aromatic carbocycles. The average molecular weight is 843 g/mol. The maximum absolute atomic E-state index is 13.2. The van der Waals surface area contributed by atoms with Crippen LogP contribution in [0.25, 0.3) is 22.1 Å². The molecule has 4 aromatic heterocycles. The number of halogens is 2. The SMILES string of the molecule is CCC[C@@H](c1nc2ncc(Br)cc2c(=O)n1CCC)N1CCC[C@@H](C)C1.CCC[C@H](c1nc2ncc(Br)cc2c(=O)n1CCC)N1CCC[C@@H](C)C1. The minimum atomic E-state index is 0.0341. The molecule has 6 rings (SSSR count). The van der Waals surface area contributed by atoms with Gasteiger partial charge in [0.25, 0.3) is 11.1 Å². The summed E-state index contributed by atoms with van der Waals surface area (Å²) in [6.45, 7) is 19.0. The van der Waals surface area contributed by atoms with Gasteiger partial charge in [-0.1, -0.05) is 54.4 Å². The normalized spacial score (nSPS) is 19.8. The number of hydrogen-bond acceptors (Lipinski definition) is 8. The predicted octanol–water partition coefficient (Wildman–Crippen LogP) is 9.07. The van der Waals surface area contributed by atoms with E-state index in [1.54, 1.807) is 12.4 Å².